The van der Waals surface area contributed by atoms with E-state index < -0.39 is 0 Å². The molecule has 1 aromatic heterocycles. The van der Waals surface area contributed by atoms with E-state index in [1.807, 2.05) is 0 Å². The molecule has 3 fully saturated rings. The van der Waals surface area contributed by atoms with Crippen LogP contribution in [0.15, 0.2) is 30.5 Å². The van der Waals surface area contributed by atoms with Gasteiger partial charge in [0.25, 0.3) is 0 Å². The van der Waals surface area contributed by atoms with Crippen LogP contribution in [0.4, 0.5) is 0 Å². The zero-order valence-corrected chi connectivity index (χ0v) is 18.1. The summed E-state index contributed by atoms with van der Waals surface area (Å²) in [6.07, 6.45) is 7.19. The molecule has 0 bridgehead atoms. The Morgan fingerprint density at radius 2 is 2.10 bits per heavy atom. The number of amides is 1. The van der Waals surface area contributed by atoms with Crippen LogP contribution in [-0.2, 0) is 22.6 Å². The predicted octanol–water partition coefficient (Wildman–Crippen LogP) is 2.61. The lowest BCUT2D eigenvalue weighted by atomic mass is 10.1. The Morgan fingerprint density at radius 1 is 1.20 bits per heavy atom. The number of carbonyl (C=O) groups excluding carboxylic acids is 1. The van der Waals surface area contributed by atoms with Gasteiger partial charge >= 0.3 is 0 Å². The molecule has 1 aromatic carbocycles. The first kappa shape index (κ1) is 20.0. The van der Waals surface area contributed by atoms with Crippen molar-refractivity contribution in [2.75, 3.05) is 32.8 Å². The monoisotopic (exact) mass is 410 g/mol. The van der Waals surface area contributed by atoms with E-state index >= 15 is 0 Å². The van der Waals surface area contributed by atoms with E-state index in [0.29, 0.717) is 19.1 Å². The smallest absolute Gasteiger partial charge is 0.240 e. The van der Waals surface area contributed by atoms with Gasteiger partial charge in [0.1, 0.15) is 6.54 Å². The van der Waals surface area contributed by atoms with Crippen LogP contribution in [0, 0.1) is 0 Å². The van der Waals surface area contributed by atoms with Gasteiger partial charge < -0.3 is 14.6 Å². The third-order valence-corrected chi connectivity index (χ3v) is 7.18. The number of para-hydroxylation sites is 1. The number of hydrogen-bond acceptors (Lipinski definition) is 4. The molecule has 0 spiro atoms. The molecule has 3 atom stereocenters. The SMILES string of the molecule is C[C@@H]1CN2CCC[C@H]2CN1Cc1cn(CC(=O)NC[C@H]2CCCO2)c2ccccc12. The molecule has 4 heterocycles. The highest BCUT2D eigenvalue weighted by Crippen LogP contribution is 2.28. The fourth-order valence-corrected chi connectivity index (χ4v) is 5.51. The van der Waals surface area contributed by atoms with Crippen molar-refractivity contribution in [2.45, 2.75) is 63.9 Å². The van der Waals surface area contributed by atoms with E-state index in [9.17, 15) is 4.79 Å². The third-order valence-electron chi connectivity index (χ3n) is 7.18. The molecule has 1 amide bonds. The molecule has 3 aliphatic heterocycles. The average Bonchev–Trinajstić information content (AvgIpc) is 3.48. The van der Waals surface area contributed by atoms with Crippen LogP contribution < -0.4 is 5.32 Å². The van der Waals surface area contributed by atoms with Crippen molar-refractivity contribution in [1.82, 2.24) is 19.7 Å². The maximum atomic E-state index is 12.6. The van der Waals surface area contributed by atoms with Gasteiger partial charge in [-0.05, 0) is 50.8 Å². The largest absolute Gasteiger partial charge is 0.376 e. The Hall–Kier alpha value is -1.89. The first-order chi connectivity index (χ1) is 14.7. The molecule has 0 aliphatic carbocycles. The number of piperazine rings is 1. The van der Waals surface area contributed by atoms with Gasteiger partial charge in [-0.15, -0.1) is 0 Å². The molecule has 2 aromatic rings. The van der Waals surface area contributed by atoms with E-state index in [4.69, 9.17) is 4.74 Å². The van der Waals surface area contributed by atoms with Crippen molar-refractivity contribution in [3.63, 3.8) is 0 Å². The number of rotatable bonds is 6. The van der Waals surface area contributed by atoms with Gasteiger partial charge in [0.2, 0.25) is 5.91 Å². The summed E-state index contributed by atoms with van der Waals surface area (Å²) in [5.74, 6) is 0.0609. The second kappa shape index (κ2) is 8.69. The lowest BCUT2D eigenvalue weighted by Gasteiger charge is -2.42. The van der Waals surface area contributed by atoms with Crippen molar-refractivity contribution < 1.29 is 9.53 Å². The maximum Gasteiger partial charge on any atom is 0.240 e. The summed E-state index contributed by atoms with van der Waals surface area (Å²) in [6, 6.07) is 9.78. The van der Waals surface area contributed by atoms with Crippen LogP contribution in [0.3, 0.4) is 0 Å². The van der Waals surface area contributed by atoms with Gasteiger partial charge in [0.05, 0.1) is 6.10 Å². The molecule has 6 heteroatoms. The molecule has 0 radical (unpaired) electrons. The summed E-state index contributed by atoms with van der Waals surface area (Å²) < 4.78 is 7.74. The normalized spacial score (nSPS) is 27.6. The zero-order chi connectivity index (χ0) is 20.5. The topological polar surface area (TPSA) is 49.7 Å². The van der Waals surface area contributed by atoms with Crippen molar-refractivity contribution in [2.24, 2.45) is 0 Å². The number of ether oxygens (including phenoxy) is 1. The highest BCUT2D eigenvalue weighted by molar-refractivity contribution is 5.86. The summed E-state index contributed by atoms with van der Waals surface area (Å²) >= 11 is 0. The van der Waals surface area contributed by atoms with Crippen LogP contribution in [0.1, 0.15) is 38.2 Å². The van der Waals surface area contributed by atoms with Gasteiger partial charge in [0, 0.05) is 62.0 Å². The quantitative estimate of drug-likeness (QED) is 0.795. The first-order valence-electron chi connectivity index (χ1n) is 11.6. The molecule has 1 N–H and O–H groups in total. The molecular formula is C24H34N4O2. The number of benzene rings is 1. The summed E-state index contributed by atoms with van der Waals surface area (Å²) in [4.78, 5) is 17.9. The van der Waals surface area contributed by atoms with Crippen LogP contribution in [0.2, 0.25) is 0 Å². The van der Waals surface area contributed by atoms with Crippen LogP contribution in [-0.4, -0.2) is 71.2 Å². The van der Waals surface area contributed by atoms with Crippen molar-refractivity contribution >= 4 is 16.8 Å². The van der Waals surface area contributed by atoms with Gasteiger partial charge in [-0.1, -0.05) is 18.2 Å². The number of nitrogens with one attached hydrogen (secondary N) is 1. The van der Waals surface area contributed by atoms with Gasteiger partial charge in [-0.25, -0.2) is 0 Å². The molecule has 0 saturated carbocycles. The van der Waals surface area contributed by atoms with Gasteiger partial charge in [0.15, 0.2) is 0 Å². The van der Waals surface area contributed by atoms with E-state index in [2.05, 4.69) is 57.1 Å². The van der Waals surface area contributed by atoms with Crippen molar-refractivity contribution in [3.05, 3.63) is 36.0 Å². The van der Waals surface area contributed by atoms with Crippen LogP contribution >= 0.6 is 0 Å². The second-order valence-electron chi connectivity index (χ2n) is 9.31. The Labute approximate surface area is 179 Å². The molecule has 3 aliphatic rings. The first-order valence-corrected chi connectivity index (χ1v) is 11.6. The molecule has 162 valence electrons. The minimum Gasteiger partial charge on any atom is -0.376 e. The summed E-state index contributed by atoms with van der Waals surface area (Å²) in [5.41, 5.74) is 2.47. The molecule has 5 rings (SSSR count). The van der Waals surface area contributed by atoms with E-state index in [-0.39, 0.29) is 12.0 Å². The van der Waals surface area contributed by atoms with Crippen molar-refractivity contribution in [1.29, 1.82) is 0 Å². The average molecular weight is 411 g/mol. The molecule has 3 saturated heterocycles. The molecular weight excluding hydrogens is 376 g/mol. The second-order valence-corrected chi connectivity index (χ2v) is 9.31. The fraction of sp³-hybridized carbons (Fsp3) is 0.625. The molecule has 6 nitrogen and oxygen atoms in total. The number of hydrogen-bond donors (Lipinski definition) is 1. The van der Waals surface area contributed by atoms with Gasteiger partial charge in [-0.3, -0.25) is 14.6 Å². The maximum absolute atomic E-state index is 12.6. The lowest BCUT2D eigenvalue weighted by Crippen LogP contribution is -2.54. The number of carbonyl (C=O) groups is 1. The minimum atomic E-state index is 0.0609. The fourth-order valence-electron chi connectivity index (χ4n) is 5.51. The highest BCUT2D eigenvalue weighted by atomic mass is 16.5. The summed E-state index contributed by atoms with van der Waals surface area (Å²) in [6.45, 7) is 8.70. The van der Waals surface area contributed by atoms with E-state index in [1.165, 1.54) is 36.9 Å². The summed E-state index contributed by atoms with van der Waals surface area (Å²) in [7, 11) is 0. The number of nitrogens with zero attached hydrogens (tertiary/aromatic N) is 3. The summed E-state index contributed by atoms with van der Waals surface area (Å²) in [5, 5.41) is 4.33. The Balaban J connectivity index is 1.29. The zero-order valence-electron chi connectivity index (χ0n) is 18.1. The molecule has 30 heavy (non-hydrogen) atoms. The number of fused-ring (bicyclic) bond motifs is 2. The van der Waals surface area contributed by atoms with Crippen LogP contribution in [0.5, 0.6) is 0 Å². The Kier molecular flexibility index (Phi) is 5.81. The third kappa shape index (κ3) is 4.13. The van der Waals surface area contributed by atoms with Crippen LogP contribution in [0.25, 0.3) is 10.9 Å². The predicted molar refractivity (Wildman–Crippen MR) is 118 cm³/mol. The highest BCUT2D eigenvalue weighted by Gasteiger charge is 2.34. The number of aromatic nitrogens is 1. The standard InChI is InChI=1S/C24H34N4O2/c1-18-13-26-10-4-6-20(26)16-27(18)14-19-15-28(23-9-3-2-8-22(19)23)17-24(29)25-12-21-7-5-11-30-21/h2-3,8-9,15,18,20-21H,4-7,10-14,16-17H2,1H3,(H,25,29)/t18-,20+,21-/m1/s1. The Morgan fingerprint density at radius 3 is 2.97 bits per heavy atom. The minimum absolute atomic E-state index is 0.0609. The Bertz CT molecular complexity index is 888. The van der Waals surface area contributed by atoms with E-state index in [0.717, 1.165) is 44.1 Å². The molecule has 0 unspecified atom stereocenters. The van der Waals surface area contributed by atoms with Crippen molar-refractivity contribution in [3.8, 4) is 0 Å². The van der Waals surface area contributed by atoms with Gasteiger partial charge in [-0.2, -0.15) is 0 Å². The lowest BCUT2D eigenvalue weighted by molar-refractivity contribution is -0.122. The van der Waals surface area contributed by atoms with E-state index in [1.54, 1.807) is 0 Å².